The molecular weight excluding hydrogens is 324 g/mol. The lowest BCUT2D eigenvalue weighted by Gasteiger charge is -2.32. The van der Waals surface area contributed by atoms with E-state index >= 15 is 0 Å². The van der Waals surface area contributed by atoms with Crippen molar-refractivity contribution in [2.24, 2.45) is 0 Å². The van der Waals surface area contributed by atoms with Gasteiger partial charge < -0.3 is 9.64 Å². The second-order valence-corrected chi connectivity index (χ2v) is 5.94. The number of carbonyl (C=O) groups is 1. The minimum absolute atomic E-state index is 0.0461. The molecule has 0 bridgehead atoms. The summed E-state index contributed by atoms with van der Waals surface area (Å²) in [5.41, 5.74) is 0.803. The largest absolute Gasteiger partial charge is 0.471 e. The van der Waals surface area contributed by atoms with Gasteiger partial charge in [0.05, 0.1) is 17.7 Å². The molecule has 0 saturated carbocycles. The summed E-state index contributed by atoms with van der Waals surface area (Å²) in [5, 5.41) is 11.1. The van der Waals surface area contributed by atoms with E-state index in [1.54, 1.807) is 36.4 Å². The van der Waals surface area contributed by atoms with Gasteiger partial charge in [-0.15, -0.1) is 0 Å². The summed E-state index contributed by atoms with van der Waals surface area (Å²) in [7, 11) is 0. The van der Waals surface area contributed by atoms with E-state index in [0.717, 1.165) is 12.8 Å². The number of hydrogen-bond donors (Lipinski definition) is 0. The van der Waals surface area contributed by atoms with Crippen LogP contribution in [0.5, 0.6) is 5.88 Å². The smallest absolute Gasteiger partial charge is 0.273 e. The predicted octanol–water partition coefficient (Wildman–Crippen LogP) is 2.38. The zero-order chi connectivity index (χ0) is 17.8. The molecule has 1 aromatic carbocycles. The number of carbonyl (C=O) groups excluding carboxylic acids is 1. The van der Waals surface area contributed by atoms with Crippen molar-refractivity contribution in [3.63, 3.8) is 0 Å². The number of benzene rings is 1. The summed E-state index contributed by atoms with van der Waals surface area (Å²) in [6.45, 7) is 2.66. The van der Waals surface area contributed by atoms with Crippen molar-refractivity contribution in [1.29, 1.82) is 0 Å². The van der Waals surface area contributed by atoms with E-state index < -0.39 is 4.92 Å². The first-order valence-corrected chi connectivity index (χ1v) is 8.01. The molecule has 3 rings (SSSR count). The Labute approximate surface area is 144 Å². The third-order valence-corrected chi connectivity index (χ3v) is 4.15. The van der Waals surface area contributed by atoms with Gasteiger partial charge in [0.1, 0.15) is 6.10 Å². The second-order valence-electron chi connectivity index (χ2n) is 5.94. The van der Waals surface area contributed by atoms with Gasteiger partial charge >= 0.3 is 0 Å². The Balaban J connectivity index is 1.72. The number of nitro benzene ring substituents is 1. The average Bonchev–Trinajstić information content (AvgIpc) is 2.62. The molecule has 2 aromatic rings. The molecule has 1 aromatic heterocycles. The summed E-state index contributed by atoms with van der Waals surface area (Å²) in [6, 6.07) is 4.56. The van der Waals surface area contributed by atoms with Crippen LogP contribution in [0.4, 0.5) is 5.69 Å². The Morgan fingerprint density at radius 3 is 2.96 bits per heavy atom. The second kappa shape index (κ2) is 7.25. The maximum Gasteiger partial charge on any atom is 0.273 e. The first-order chi connectivity index (χ1) is 12.0. The van der Waals surface area contributed by atoms with Gasteiger partial charge in [-0.25, -0.2) is 4.98 Å². The maximum absolute atomic E-state index is 12.7. The monoisotopic (exact) mass is 342 g/mol. The molecule has 1 aliphatic heterocycles. The SMILES string of the molecule is Cc1ccc(C(=O)N2CCCC(Oc3cnccn3)C2)cc1[N+](=O)[O-]. The molecule has 1 unspecified atom stereocenters. The van der Waals surface area contributed by atoms with Crippen molar-refractivity contribution < 1.29 is 14.5 Å². The number of likely N-dealkylation sites (tertiary alicyclic amines) is 1. The van der Waals surface area contributed by atoms with Crippen LogP contribution in [0.15, 0.2) is 36.8 Å². The summed E-state index contributed by atoms with van der Waals surface area (Å²) < 4.78 is 5.78. The van der Waals surface area contributed by atoms with Crippen LogP contribution in [0.1, 0.15) is 28.8 Å². The van der Waals surface area contributed by atoms with Gasteiger partial charge in [-0.2, -0.15) is 0 Å². The first kappa shape index (κ1) is 16.8. The number of aryl methyl sites for hydroxylation is 1. The number of aromatic nitrogens is 2. The van der Waals surface area contributed by atoms with Crippen LogP contribution in [0.3, 0.4) is 0 Å². The van der Waals surface area contributed by atoms with E-state index in [-0.39, 0.29) is 17.7 Å². The van der Waals surface area contributed by atoms with Crippen molar-refractivity contribution in [2.45, 2.75) is 25.9 Å². The van der Waals surface area contributed by atoms with E-state index in [1.807, 2.05) is 0 Å². The Kier molecular flexibility index (Phi) is 4.87. The molecule has 1 saturated heterocycles. The molecule has 0 aliphatic carbocycles. The molecule has 1 atom stereocenters. The number of nitrogens with zero attached hydrogens (tertiary/aromatic N) is 4. The Hall–Kier alpha value is -3.03. The fourth-order valence-electron chi connectivity index (χ4n) is 2.86. The van der Waals surface area contributed by atoms with Gasteiger partial charge in [-0.1, -0.05) is 6.07 Å². The van der Waals surface area contributed by atoms with Crippen molar-refractivity contribution in [1.82, 2.24) is 14.9 Å². The number of amides is 1. The molecule has 1 aliphatic rings. The minimum atomic E-state index is -0.470. The highest BCUT2D eigenvalue weighted by Gasteiger charge is 2.27. The number of hydrogen-bond acceptors (Lipinski definition) is 6. The average molecular weight is 342 g/mol. The Morgan fingerprint density at radius 1 is 1.40 bits per heavy atom. The van der Waals surface area contributed by atoms with E-state index in [9.17, 15) is 14.9 Å². The fourth-order valence-corrected chi connectivity index (χ4v) is 2.86. The van der Waals surface area contributed by atoms with Gasteiger partial charge in [0.15, 0.2) is 0 Å². The fraction of sp³-hybridized carbons (Fsp3) is 0.353. The van der Waals surface area contributed by atoms with Crippen LogP contribution in [0.25, 0.3) is 0 Å². The maximum atomic E-state index is 12.7. The first-order valence-electron chi connectivity index (χ1n) is 8.01. The van der Waals surface area contributed by atoms with Gasteiger partial charge in [0.2, 0.25) is 5.88 Å². The number of ether oxygens (including phenoxy) is 1. The molecule has 1 amide bonds. The number of piperidine rings is 1. The summed E-state index contributed by atoms with van der Waals surface area (Å²) in [5.74, 6) is 0.198. The van der Waals surface area contributed by atoms with Crippen molar-refractivity contribution in [3.05, 3.63) is 58.0 Å². The number of rotatable bonds is 4. The Morgan fingerprint density at radius 2 is 2.24 bits per heavy atom. The van der Waals surface area contributed by atoms with E-state index in [2.05, 4.69) is 9.97 Å². The highest BCUT2D eigenvalue weighted by molar-refractivity contribution is 5.95. The lowest BCUT2D eigenvalue weighted by atomic mass is 10.0. The van der Waals surface area contributed by atoms with Crippen LogP contribution in [-0.4, -0.2) is 44.9 Å². The molecule has 0 spiro atoms. The molecule has 1 fully saturated rings. The van der Waals surface area contributed by atoms with Crippen LogP contribution in [0, 0.1) is 17.0 Å². The summed E-state index contributed by atoms with van der Waals surface area (Å²) >= 11 is 0. The predicted molar refractivity (Wildman–Crippen MR) is 89.4 cm³/mol. The van der Waals surface area contributed by atoms with Gasteiger partial charge in [-0.3, -0.25) is 19.9 Å². The van der Waals surface area contributed by atoms with E-state index in [0.29, 0.717) is 30.1 Å². The molecule has 25 heavy (non-hydrogen) atoms. The molecule has 0 N–H and O–H groups in total. The number of nitro groups is 1. The summed E-state index contributed by atoms with van der Waals surface area (Å²) in [4.78, 5) is 33.0. The van der Waals surface area contributed by atoms with Gasteiger partial charge in [0, 0.05) is 36.1 Å². The Bertz CT molecular complexity index is 781. The minimum Gasteiger partial charge on any atom is -0.471 e. The topological polar surface area (TPSA) is 98.5 Å². The highest BCUT2D eigenvalue weighted by atomic mass is 16.6. The van der Waals surface area contributed by atoms with E-state index in [4.69, 9.17) is 4.74 Å². The van der Waals surface area contributed by atoms with Crippen LogP contribution in [0.2, 0.25) is 0 Å². The summed E-state index contributed by atoms with van der Waals surface area (Å²) in [6.07, 6.45) is 6.08. The van der Waals surface area contributed by atoms with Crippen LogP contribution >= 0.6 is 0 Å². The standard InChI is InChI=1S/C17H18N4O4/c1-12-4-5-13(9-15(12)21(23)24)17(22)20-8-2-3-14(11-20)25-16-10-18-6-7-19-16/h4-7,9-10,14H,2-3,8,11H2,1H3. The van der Waals surface area contributed by atoms with E-state index in [1.165, 1.54) is 12.3 Å². The third-order valence-electron chi connectivity index (χ3n) is 4.15. The van der Waals surface area contributed by atoms with Gasteiger partial charge in [-0.05, 0) is 25.8 Å². The lowest BCUT2D eigenvalue weighted by molar-refractivity contribution is -0.385. The van der Waals surface area contributed by atoms with Crippen LogP contribution < -0.4 is 4.74 Å². The molecule has 2 heterocycles. The zero-order valence-electron chi connectivity index (χ0n) is 13.8. The third kappa shape index (κ3) is 3.90. The van der Waals surface area contributed by atoms with Crippen molar-refractivity contribution in [3.8, 4) is 5.88 Å². The van der Waals surface area contributed by atoms with Gasteiger partial charge in [0.25, 0.3) is 11.6 Å². The highest BCUT2D eigenvalue weighted by Crippen LogP contribution is 2.22. The van der Waals surface area contributed by atoms with Crippen LogP contribution in [-0.2, 0) is 0 Å². The normalized spacial score (nSPS) is 17.2. The van der Waals surface area contributed by atoms with Crippen molar-refractivity contribution >= 4 is 11.6 Å². The lowest BCUT2D eigenvalue weighted by Crippen LogP contribution is -2.44. The molecule has 8 heteroatoms. The quantitative estimate of drug-likeness (QED) is 0.625. The molecule has 130 valence electrons. The molecule has 8 nitrogen and oxygen atoms in total. The van der Waals surface area contributed by atoms with Crippen molar-refractivity contribution in [2.75, 3.05) is 13.1 Å². The molecular formula is C17H18N4O4. The molecule has 0 radical (unpaired) electrons. The zero-order valence-corrected chi connectivity index (χ0v) is 13.8.